The molecule has 0 spiro atoms. The standard InChI is InChI=1S/C20H25BrN2O4/c1-13-10-16(2-3-17(13)21)23-12-15(11-18(23)24)19(25)22-6-4-14(5-7-22)20-26-8-9-27-20/h2-3,10,14-15,20H,4-9,11-12H2,1H3. The summed E-state index contributed by atoms with van der Waals surface area (Å²) in [6, 6.07) is 5.86. The Morgan fingerprint density at radius 2 is 1.89 bits per heavy atom. The lowest BCUT2D eigenvalue weighted by Crippen LogP contribution is -2.44. The Kier molecular flexibility index (Phi) is 5.53. The Morgan fingerprint density at radius 1 is 1.19 bits per heavy atom. The van der Waals surface area contributed by atoms with Crippen LogP contribution in [0.15, 0.2) is 22.7 Å². The van der Waals surface area contributed by atoms with Gasteiger partial charge in [0, 0.05) is 42.1 Å². The third-order valence-corrected chi connectivity index (χ3v) is 6.70. The van der Waals surface area contributed by atoms with E-state index in [1.165, 1.54) is 0 Å². The van der Waals surface area contributed by atoms with E-state index in [2.05, 4.69) is 15.9 Å². The number of aryl methyl sites for hydroxylation is 1. The topological polar surface area (TPSA) is 59.1 Å². The number of piperidine rings is 1. The highest BCUT2D eigenvalue weighted by Crippen LogP contribution is 2.31. The molecule has 2 amide bonds. The number of benzene rings is 1. The largest absolute Gasteiger partial charge is 0.350 e. The monoisotopic (exact) mass is 436 g/mol. The van der Waals surface area contributed by atoms with Crippen molar-refractivity contribution in [1.29, 1.82) is 0 Å². The number of anilines is 1. The summed E-state index contributed by atoms with van der Waals surface area (Å²) in [6.07, 6.45) is 1.98. The molecule has 1 unspecified atom stereocenters. The SMILES string of the molecule is Cc1cc(N2CC(C(=O)N3CCC(C4OCCO4)CC3)CC2=O)ccc1Br. The molecule has 1 atom stereocenters. The van der Waals surface area contributed by atoms with E-state index in [1.54, 1.807) is 4.90 Å². The van der Waals surface area contributed by atoms with Crippen molar-refractivity contribution in [1.82, 2.24) is 4.90 Å². The quantitative estimate of drug-likeness (QED) is 0.730. The Morgan fingerprint density at radius 3 is 2.56 bits per heavy atom. The van der Waals surface area contributed by atoms with Crippen LogP contribution in [0.2, 0.25) is 0 Å². The Bertz CT molecular complexity index is 727. The average molecular weight is 437 g/mol. The van der Waals surface area contributed by atoms with Gasteiger partial charge in [0.15, 0.2) is 6.29 Å². The van der Waals surface area contributed by atoms with Gasteiger partial charge in [-0.05, 0) is 43.5 Å². The van der Waals surface area contributed by atoms with Crippen LogP contribution < -0.4 is 4.90 Å². The molecule has 1 aromatic rings. The third kappa shape index (κ3) is 3.91. The zero-order valence-corrected chi connectivity index (χ0v) is 17.1. The first kappa shape index (κ1) is 18.9. The normalized spacial score (nSPS) is 24.8. The molecule has 3 saturated heterocycles. The molecular formula is C20H25BrN2O4. The summed E-state index contributed by atoms with van der Waals surface area (Å²) in [4.78, 5) is 29.1. The van der Waals surface area contributed by atoms with Gasteiger partial charge in [-0.3, -0.25) is 9.59 Å². The van der Waals surface area contributed by atoms with Crippen LogP contribution in [0.5, 0.6) is 0 Å². The Balaban J connectivity index is 1.36. The average Bonchev–Trinajstić information content (AvgIpc) is 3.34. The van der Waals surface area contributed by atoms with Gasteiger partial charge in [-0.15, -0.1) is 0 Å². The van der Waals surface area contributed by atoms with Crippen LogP contribution in [0.4, 0.5) is 5.69 Å². The number of carbonyl (C=O) groups excluding carboxylic acids is 2. The van der Waals surface area contributed by atoms with Gasteiger partial charge in [0.05, 0.1) is 19.1 Å². The van der Waals surface area contributed by atoms with Crippen molar-refractivity contribution < 1.29 is 19.1 Å². The molecule has 3 heterocycles. The van der Waals surface area contributed by atoms with E-state index in [9.17, 15) is 9.59 Å². The zero-order valence-electron chi connectivity index (χ0n) is 15.5. The van der Waals surface area contributed by atoms with Crippen molar-refractivity contribution in [3.8, 4) is 0 Å². The van der Waals surface area contributed by atoms with Crippen LogP contribution in [0.3, 0.4) is 0 Å². The first-order chi connectivity index (χ1) is 13.0. The summed E-state index contributed by atoms with van der Waals surface area (Å²) in [6.45, 7) is 5.23. The highest BCUT2D eigenvalue weighted by atomic mass is 79.9. The molecule has 0 aromatic heterocycles. The van der Waals surface area contributed by atoms with Gasteiger partial charge >= 0.3 is 0 Å². The third-order valence-electron chi connectivity index (χ3n) is 5.81. The Labute approximate surface area is 167 Å². The summed E-state index contributed by atoms with van der Waals surface area (Å²) in [5.74, 6) is 0.241. The van der Waals surface area contributed by atoms with E-state index in [0.29, 0.717) is 32.1 Å². The number of hydrogen-bond donors (Lipinski definition) is 0. The van der Waals surface area contributed by atoms with Gasteiger partial charge in [-0.2, -0.15) is 0 Å². The van der Waals surface area contributed by atoms with Crippen molar-refractivity contribution in [2.45, 2.75) is 32.5 Å². The van der Waals surface area contributed by atoms with E-state index in [-0.39, 0.29) is 24.0 Å². The maximum absolute atomic E-state index is 12.9. The van der Waals surface area contributed by atoms with Crippen LogP contribution in [0.1, 0.15) is 24.8 Å². The van der Waals surface area contributed by atoms with E-state index in [4.69, 9.17) is 9.47 Å². The van der Waals surface area contributed by atoms with Gasteiger partial charge in [0.2, 0.25) is 11.8 Å². The summed E-state index contributed by atoms with van der Waals surface area (Å²) < 4.78 is 12.2. The Hall–Kier alpha value is -1.44. The maximum Gasteiger partial charge on any atom is 0.228 e. The van der Waals surface area contributed by atoms with E-state index >= 15 is 0 Å². The lowest BCUT2D eigenvalue weighted by atomic mass is 9.95. The van der Waals surface area contributed by atoms with Crippen molar-refractivity contribution in [3.05, 3.63) is 28.2 Å². The van der Waals surface area contributed by atoms with Crippen LogP contribution in [0.25, 0.3) is 0 Å². The fourth-order valence-corrected chi connectivity index (χ4v) is 4.46. The van der Waals surface area contributed by atoms with Crippen molar-refractivity contribution in [2.75, 3.05) is 37.7 Å². The van der Waals surface area contributed by atoms with E-state index in [1.807, 2.05) is 30.0 Å². The number of hydrogen-bond acceptors (Lipinski definition) is 4. The van der Waals surface area contributed by atoms with Crippen LogP contribution in [-0.2, 0) is 19.1 Å². The molecule has 146 valence electrons. The van der Waals surface area contributed by atoms with Gasteiger partial charge in [0.25, 0.3) is 0 Å². The second kappa shape index (κ2) is 7.89. The molecule has 27 heavy (non-hydrogen) atoms. The van der Waals surface area contributed by atoms with Crippen LogP contribution in [-0.4, -0.2) is 55.9 Å². The number of carbonyl (C=O) groups is 2. The number of halogens is 1. The molecule has 3 aliphatic heterocycles. The van der Waals surface area contributed by atoms with Crippen molar-refractivity contribution >= 4 is 33.4 Å². The predicted molar refractivity (Wildman–Crippen MR) is 104 cm³/mol. The lowest BCUT2D eigenvalue weighted by Gasteiger charge is -2.35. The fourth-order valence-electron chi connectivity index (χ4n) is 4.22. The molecule has 1 aromatic carbocycles. The van der Waals surface area contributed by atoms with Gasteiger partial charge in [0.1, 0.15) is 0 Å². The minimum atomic E-state index is -0.253. The fraction of sp³-hybridized carbons (Fsp3) is 0.600. The number of ether oxygens (including phenoxy) is 2. The molecule has 7 heteroatoms. The smallest absolute Gasteiger partial charge is 0.228 e. The predicted octanol–water partition coefficient (Wildman–Crippen LogP) is 2.72. The number of likely N-dealkylation sites (tertiary alicyclic amines) is 1. The molecule has 0 bridgehead atoms. The maximum atomic E-state index is 12.9. The summed E-state index contributed by atoms with van der Waals surface area (Å²) in [7, 11) is 0. The van der Waals surface area contributed by atoms with E-state index in [0.717, 1.165) is 41.7 Å². The molecule has 0 saturated carbocycles. The molecule has 4 rings (SSSR count). The zero-order chi connectivity index (χ0) is 19.0. The highest BCUT2D eigenvalue weighted by molar-refractivity contribution is 9.10. The molecule has 3 aliphatic rings. The van der Waals surface area contributed by atoms with Gasteiger partial charge in [-0.1, -0.05) is 15.9 Å². The molecule has 0 radical (unpaired) electrons. The first-order valence-electron chi connectivity index (χ1n) is 9.61. The first-order valence-corrected chi connectivity index (χ1v) is 10.4. The van der Waals surface area contributed by atoms with Gasteiger partial charge in [-0.25, -0.2) is 0 Å². The second-order valence-electron chi connectivity index (χ2n) is 7.61. The molecule has 3 fully saturated rings. The van der Waals surface area contributed by atoms with Crippen molar-refractivity contribution in [3.63, 3.8) is 0 Å². The minimum Gasteiger partial charge on any atom is -0.350 e. The molecule has 0 aliphatic carbocycles. The molecule has 6 nitrogen and oxygen atoms in total. The minimum absolute atomic E-state index is 0.0257. The molecule has 0 N–H and O–H groups in total. The summed E-state index contributed by atoms with van der Waals surface area (Å²) in [5, 5.41) is 0. The number of rotatable bonds is 3. The summed E-state index contributed by atoms with van der Waals surface area (Å²) in [5.41, 5.74) is 1.94. The number of nitrogens with zero attached hydrogens (tertiary/aromatic N) is 2. The van der Waals surface area contributed by atoms with Gasteiger partial charge < -0.3 is 19.3 Å². The van der Waals surface area contributed by atoms with Crippen LogP contribution >= 0.6 is 15.9 Å². The van der Waals surface area contributed by atoms with E-state index < -0.39 is 0 Å². The van der Waals surface area contributed by atoms with Crippen LogP contribution in [0, 0.1) is 18.8 Å². The number of amides is 2. The lowest BCUT2D eigenvalue weighted by molar-refractivity contribution is -0.140. The summed E-state index contributed by atoms with van der Waals surface area (Å²) >= 11 is 3.49. The van der Waals surface area contributed by atoms with Crippen molar-refractivity contribution in [2.24, 2.45) is 11.8 Å². The molecular weight excluding hydrogens is 412 g/mol. The highest BCUT2D eigenvalue weighted by Gasteiger charge is 2.39. The second-order valence-corrected chi connectivity index (χ2v) is 8.47.